The summed E-state index contributed by atoms with van der Waals surface area (Å²) < 4.78 is 0. The van der Waals surface area contributed by atoms with Crippen molar-refractivity contribution in [1.82, 2.24) is 52.1 Å². The Morgan fingerprint density at radius 2 is 1.21 bits per heavy atom. The lowest BCUT2D eigenvalue weighted by molar-refractivity contribution is -0.143. The molecule has 5 rings (SSSR count). The molecule has 0 aliphatic carbocycles. The third-order valence-electron chi connectivity index (χ3n) is 14.3. The molecule has 16 N–H and O–H groups in total. The number of carboxylic acid groups (broad SMARTS) is 1. The second-order valence-corrected chi connectivity index (χ2v) is 20.3. The van der Waals surface area contributed by atoms with Gasteiger partial charge in [-0.1, -0.05) is 68.8 Å². The maximum atomic E-state index is 14.6. The molecular weight excluding hydrogens is 1030 g/mol. The normalized spacial score (nSPS) is 18.3. The number of hydrogen-bond donors (Lipinski definition) is 13. The second kappa shape index (κ2) is 30.9. The van der Waals surface area contributed by atoms with Gasteiger partial charge in [-0.3, -0.25) is 47.9 Å². The van der Waals surface area contributed by atoms with E-state index in [1.165, 1.54) is 18.7 Å². The number of unbranched alkanes of at least 4 members (excludes halogenated alkanes) is 2. The quantitative estimate of drug-likeness (QED) is 0.0275. The van der Waals surface area contributed by atoms with Crippen LogP contribution in [0.4, 0.5) is 0 Å². The number of aromatic nitrogens is 2. The van der Waals surface area contributed by atoms with Gasteiger partial charge >= 0.3 is 5.97 Å². The highest BCUT2D eigenvalue weighted by Crippen LogP contribution is 2.22. The van der Waals surface area contributed by atoms with Crippen LogP contribution >= 0.6 is 0 Å². The van der Waals surface area contributed by atoms with Gasteiger partial charge in [-0.05, 0) is 101 Å². The Balaban J connectivity index is 1.39. The van der Waals surface area contributed by atoms with E-state index in [1.807, 2.05) is 31.2 Å². The van der Waals surface area contributed by atoms with Gasteiger partial charge in [0.05, 0.1) is 6.42 Å². The Morgan fingerprint density at radius 3 is 1.79 bits per heavy atom. The minimum absolute atomic E-state index is 0.0130. The molecular formula is C56H79N13O11. The second-order valence-electron chi connectivity index (χ2n) is 20.3. The zero-order valence-corrected chi connectivity index (χ0v) is 45.9. The van der Waals surface area contributed by atoms with Gasteiger partial charge in [0, 0.05) is 60.0 Å². The summed E-state index contributed by atoms with van der Waals surface area (Å²) in [6, 6.07) is 4.13. The lowest BCUT2D eigenvalue weighted by Gasteiger charge is -2.32. The van der Waals surface area contributed by atoms with Crippen LogP contribution < -0.4 is 54.4 Å². The lowest BCUT2D eigenvalue weighted by Crippen LogP contribution is -2.61. The fraction of sp³-hybridized carbons (Fsp3) is 0.500. The van der Waals surface area contributed by atoms with Crippen molar-refractivity contribution in [3.05, 3.63) is 84.2 Å². The molecule has 0 saturated carbocycles. The molecule has 80 heavy (non-hydrogen) atoms. The Morgan fingerprint density at radius 1 is 0.688 bits per heavy atom. The summed E-state index contributed by atoms with van der Waals surface area (Å²) in [4.78, 5) is 145. The van der Waals surface area contributed by atoms with Crippen LogP contribution in [0.2, 0.25) is 0 Å². The fourth-order valence-corrected chi connectivity index (χ4v) is 9.45. The van der Waals surface area contributed by atoms with Gasteiger partial charge in [-0.2, -0.15) is 0 Å². The average molecular weight is 1110 g/mol. The number of para-hydroxylation sites is 2. The van der Waals surface area contributed by atoms with Crippen LogP contribution in [0.3, 0.4) is 0 Å². The predicted octanol–water partition coefficient (Wildman–Crippen LogP) is 0.679. The average Bonchev–Trinajstić information content (AvgIpc) is 4.04. The van der Waals surface area contributed by atoms with E-state index in [0.717, 1.165) is 16.5 Å². The molecule has 9 amide bonds. The van der Waals surface area contributed by atoms with Crippen LogP contribution in [-0.2, 0) is 60.8 Å². The van der Waals surface area contributed by atoms with E-state index in [2.05, 4.69) is 47.2 Å². The van der Waals surface area contributed by atoms with Crippen LogP contribution in [-0.4, -0.2) is 147 Å². The number of rotatable bonds is 28. The molecule has 0 spiro atoms. The summed E-state index contributed by atoms with van der Waals surface area (Å²) in [5.41, 5.74) is 20.0. The molecule has 0 saturated heterocycles. The van der Waals surface area contributed by atoms with Crippen LogP contribution in [0.5, 0.6) is 0 Å². The van der Waals surface area contributed by atoms with Crippen molar-refractivity contribution < 1.29 is 53.1 Å². The van der Waals surface area contributed by atoms with E-state index in [0.29, 0.717) is 55.1 Å². The third-order valence-corrected chi connectivity index (χ3v) is 14.3. The Kier molecular flexibility index (Phi) is 24.2. The zero-order chi connectivity index (χ0) is 58.5. The summed E-state index contributed by atoms with van der Waals surface area (Å²) in [6.07, 6.45) is 8.15. The number of nitrogens with two attached hydrogens (primary N) is 3. The van der Waals surface area contributed by atoms with Gasteiger partial charge in [0.25, 0.3) is 0 Å². The zero-order valence-electron chi connectivity index (χ0n) is 45.9. The number of amides is 9. The summed E-state index contributed by atoms with van der Waals surface area (Å²) in [7, 11) is 0. The maximum Gasteiger partial charge on any atom is 0.305 e. The van der Waals surface area contributed by atoms with E-state index in [1.54, 1.807) is 55.7 Å². The molecule has 24 nitrogen and oxygen atoms in total. The smallest absolute Gasteiger partial charge is 0.305 e. The highest BCUT2D eigenvalue weighted by atomic mass is 16.4. The van der Waals surface area contributed by atoms with Gasteiger partial charge in [-0.25, -0.2) is 0 Å². The lowest BCUT2D eigenvalue weighted by atomic mass is 9.97. The maximum absolute atomic E-state index is 14.6. The number of carbonyl (C=O) groups excluding carboxylic acids is 9. The number of carbonyl (C=O) groups is 10. The molecule has 0 radical (unpaired) electrons. The molecule has 4 aromatic rings. The standard InChI is InChI=1S/C56H79N13O11/c1-5-32(2)48(49(59)73)68-52(76)42(22-13-15-25-58)64-51(75)41(21-12-14-24-57)65-55(79)45(29-47(71)72)67-54(78)44(28-36-31-61-40-20-11-9-18-38(36)40)66-50(74)34(4)69-26-16-6-7-23-46(70)63-43(53(77)62-33(3)56(69)80)27-35-30-60-39-19-10-8-17-37(35)39/h6,8-11,16-20,30-34,41-45,48,60-61H,5,7,12-15,21-29,57-58H2,1-4H3,(H2,59,73)(H,62,77)(H,63,70)(H,64,75)(H,65,79)(H,66,74)(H,67,78)(H,68,76)(H,71,72)/b16-6+/t32-,33-,34-,41-,42-,43-,44-,45-,48-/m0/s1. The molecule has 0 bridgehead atoms. The molecule has 0 fully saturated rings. The van der Waals surface area contributed by atoms with Crippen molar-refractivity contribution >= 4 is 80.9 Å². The monoisotopic (exact) mass is 1110 g/mol. The number of aromatic amines is 2. The molecule has 1 aliphatic heterocycles. The van der Waals surface area contributed by atoms with Crippen molar-refractivity contribution in [2.24, 2.45) is 23.1 Å². The fourth-order valence-electron chi connectivity index (χ4n) is 9.45. The van der Waals surface area contributed by atoms with Crippen LogP contribution in [0, 0.1) is 5.92 Å². The van der Waals surface area contributed by atoms with Crippen molar-refractivity contribution in [2.75, 3.05) is 19.6 Å². The summed E-state index contributed by atoms with van der Waals surface area (Å²) >= 11 is 0. The van der Waals surface area contributed by atoms with Gasteiger partial charge in [0.2, 0.25) is 53.2 Å². The Hall–Kier alpha value is -8.12. The number of carboxylic acids is 1. The molecule has 24 heteroatoms. The number of H-pyrrole nitrogens is 2. The van der Waals surface area contributed by atoms with Gasteiger partial charge in [0.1, 0.15) is 48.3 Å². The van der Waals surface area contributed by atoms with Crippen LogP contribution in [0.25, 0.3) is 21.8 Å². The van der Waals surface area contributed by atoms with Crippen molar-refractivity contribution in [3.8, 4) is 0 Å². The number of nitrogens with one attached hydrogen (secondary N) is 9. The highest BCUT2D eigenvalue weighted by molar-refractivity contribution is 5.99. The van der Waals surface area contributed by atoms with E-state index >= 15 is 0 Å². The first-order valence-electron chi connectivity index (χ1n) is 27.3. The third kappa shape index (κ3) is 18.0. The number of fused-ring (bicyclic) bond motifs is 2. The first kappa shape index (κ1) is 62.7. The molecule has 2 aromatic heterocycles. The largest absolute Gasteiger partial charge is 0.481 e. The highest BCUT2D eigenvalue weighted by Gasteiger charge is 2.37. The minimum Gasteiger partial charge on any atom is -0.481 e. The Bertz CT molecular complexity index is 2850. The van der Waals surface area contributed by atoms with Gasteiger partial charge in [-0.15, -0.1) is 0 Å². The van der Waals surface area contributed by atoms with Crippen molar-refractivity contribution in [3.63, 3.8) is 0 Å². The topological polar surface area (TPSA) is 388 Å². The first-order valence-corrected chi connectivity index (χ1v) is 27.3. The van der Waals surface area contributed by atoms with E-state index in [9.17, 15) is 53.1 Å². The van der Waals surface area contributed by atoms with Crippen LogP contribution in [0.15, 0.2) is 73.1 Å². The van der Waals surface area contributed by atoms with Gasteiger partial charge < -0.3 is 74.4 Å². The minimum atomic E-state index is -1.82. The molecule has 9 atom stereocenters. The molecule has 2 aromatic carbocycles. The number of aliphatic carboxylic acids is 1. The first-order chi connectivity index (χ1) is 38.3. The molecule has 3 heterocycles. The number of primary amides is 1. The molecule has 0 unspecified atom stereocenters. The van der Waals surface area contributed by atoms with E-state index in [4.69, 9.17) is 17.2 Å². The van der Waals surface area contributed by atoms with Crippen LogP contribution in [0.1, 0.15) is 103 Å². The molecule has 1 aliphatic rings. The van der Waals surface area contributed by atoms with Gasteiger partial charge in [0.15, 0.2) is 0 Å². The number of nitrogens with zero attached hydrogens (tertiary/aromatic N) is 1. The summed E-state index contributed by atoms with van der Waals surface area (Å²) in [5.74, 6) is -8.66. The number of allylic oxidation sites excluding steroid dienone is 1. The molecule has 434 valence electrons. The van der Waals surface area contributed by atoms with E-state index < -0.39 is 108 Å². The number of hydrogen-bond acceptors (Lipinski definition) is 12. The van der Waals surface area contributed by atoms with Crippen molar-refractivity contribution in [2.45, 2.75) is 153 Å². The Labute approximate surface area is 464 Å². The SMILES string of the molecule is CC[C@H](C)[C@H](NC(=O)[C@H](CCCCN)NC(=O)[C@H](CCCCN)NC(=O)[C@H](CC(=O)O)NC(=O)[C@H](Cc1c[nH]c2ccccc12)NC(=O)[C@H](C)N1C/C=C/CCC(=O)N[C@@H](Cc2c[nH]c3ccccc23)C(=O)N[C@@H](C)C1=O)C(N)=O. The summed E-state index contributed by atoms with van der Waals surface area (Å²) in [5, 5.41) is 30.3. The summed E-state index contributed by atoms with van der Waals surface area (Å²) in [6.45, 7) is 6.85. The number of benzene rings is 2. The van der Waals surface area contributed by atoms with E-state index in [-0.39, 0.29) is 63.4 Å². The van der Waals surface area contributed by atoms with Crippen molar-refractivity contribution in [1.29, 1.82) is 0 Å². The predicted molar refractivity (Wildman–Crippen MR) is 299 cm³/mol.